The highest BCUT2D eigenvalue weighted by Crippen LogP contribution is 1.81. The van der Waals surface area contributed by atoms with Crippen LogP contribution in [0.1, 0.15) is 6.92 Å². The summed E-state index contributed by atoms with van der Waals surface area (Å²) in [6, 6.07) is 0. The molecule has 0 radical (unpaired) electrons. The molecule has 0 unspecified atom stereocenters. The Kier molecular flexibility index (Phi) is 5.37. The normalized spacial score (nSPS) is 10.0. The Bertz CT molecular complexity index is 112. The van der Waals surface area contributed by atoms with Gasteiger partial charge in [0, 0.05) is 11.2 Å². The molecule has 0 aromatic carbocycles. The van der Waals surface area contributed by atoms with E-state index in [0.29, 0.717) is 6.61 Å². The van der Waals surface area contributed by atoms with Crippen LogP contribution in [-0.2, 0) is 4.84 Å². The quantitative estimate of drug-likeness (QED) is 0.484. The van der Waals surface area contributed by atoms with Gasteiger partial charge in [-0.1, -0.05) is 18.2 Å². The summed E-state index contributed by atoms with van der Waals surface area (Å²) in [5.74, 6) is 0. The van der Waals surface area contributed by atoms with Gasteiger partial charge >= 0.3 is 0 Å². The summed E-state index contributed by atoms with van der Waals surface area (Å²) >= 11 is 5.21. The van der Waals surface area contributed by atoms with Crippen LogP contribution in [0.4, 0.5) is 0 Å². The summed E-state index contributed by atoms with van der Waals surface area (Å²) < 4.78 is 0. The minimum Gasteiger partial charge on any atom is -0.272 e. The van der Waals surface area contributed by atoms with E-state index in [2.05, 4.69) is 12.1 Å². The third-order valence-electron chi connectivity index (χ3n) is 0.515. The zero-order chi connectivity index (χ0) is 7.11. The van der Waals surface area contributed by atoms with E-state index in [0.717, 1.165) is 5.70 Å². The van der Waals surface area contributed by atoms with Crippen LogP contribution in [0.2, 0.25) is 0 Å². The van der Waals surface area contributed by atoms with Gasteiger partial charge in [0.15, 0.2) is 0 Å². The maximum atomic E-state index is 5.21. The van der Waals surface area contributed by atoms with Gasteiger partial charge in [-0.05, 0) is 13.0 Å². The monoisotopic (exact) mass is 147 g/mol. The summed E-state index contributed by atoms with van der Waals surface area (Å²) in [4.78, 5) is 4.81. The topological polar surface area (TPSA) is 21.3 Å². The first-order chi connectivity index (χ1) is 4.27. The van der Waals surface area contributed by atoms with Gasteiger partial charge in [-0.3, -0.25) is 10.3 Å². The Morgan fingerprint density at radius 3 is 3.00 bits per heavy atom. The first-order valence-electron chi connectivity index (χ1n) is 2.56. The molecule has 0 aromatic rings. The van der Waals surface area contributed by atoms with E-state index in [1.54, 1.807) is 6.08 Å². The molecule has 0 atom stereocenters. The first-order valence-corrected chi connectivity index (χ1v) is 2.99. The standard InChI is InChI=1S/C6H10ClNO/c1-6(2)8-9-5-3-4-7/h3-4,8H,1,5H2,2H3. The molecule has 0 aliphatic rings. The molecule has 0 aliphatic heterocycles. The average Bonchev–Trinajstić information content (AvgIpc) is 1.80. The largest absolute Gasteiger partial charge is 0.272 e. The molecule has 0 bridgehead atoms. The van der Waals surface area contributed by atoms with Crippen LogP contribution >= 0.6 is 11.6 Å². The molecule has 3 heteroatoms. The lowest BCUT2D eigenvalue weighted by Gasteiger charge is -2.00. The van der Waals surface area contributed by atoms with Crippen LogP contribution < -0.4 is 5.48 Å². The van der Waals surface area contributed by atoms with Crippen molar-refractivity contribution in [3.63, 3.8) is 0 Å². The van der Waals surface area contributed by atoms with E-state index in [1.165, 1.54) is 5.54 Å². The fraction of sp³-hybridized carbons (Fsp3) is 0.333. The summed E-state index contributed by atoms with van der Waals surface area (Å²) in [6.45, 7) is 5.82. The summed E-state index contributed by atoms with van der Waals surface area (Å²) in [5, 5.41) is 0. The molecule has 0 aromatic heterocycles. The molecule has 0 rings (SSSR count). The molecular formula is C6H10ClNO. The van der Waals surface area contributed by atoms with Crippen LogP contribution in [0, 0.1) is 0 Å². The number of allylic oxidation sites excluding steroid dienone is 1. The Labute approximate surface area is 60.1 Å². The fourth-order valence-corrected chi connectivity index (χ4v) is 0.322. The molecule has 9 heavy (non-hydrogen) atoms. The number of halogens is 1. The van der Waals surface area contributed by atoms with Crippen molar-refractivity contribution in [1.29, 1.82) is 0 Å². The smallest absolute Gasteiger partial charge is 0.0938 e. The molecule has 0 amide bonds. The summed E-state index contributed by atoms with van der Waals surface area (Å²) in [7, 11) is 0. The maximum Gasteiger partial charge on any atom is 0.0938 e. The third kappa shape index (κ3) is 7.53. The molecule has 0 saturated carbocycles. The highest BCUT2D eigenvalue weighted by molar-refractivity contribution is 6.25. The van der Waals surface area contributed by atoms with Crippen molar-refractivity contribution in [2.45, 2.75) is 6.92 Å². The van der Waals surface area contributed by atoms with Crippen molar-refractivity contribution in [3.05, 3.63) is 23.9 Å². The average molecular weight is 148 g/mol. The van der Waals surface area contributed by atoms with Gasteiger partial charge in [0.05, 0.1) is 6.61 Å². The van der Waals surface area contributed by atoms with E-state index in [-0.39, 0.29) is 0 Å². The van der Waals surface area contributed by atoms with Crippen molar-refractivity contribution in [2.75, 3.05) is 6.61 Å². The van der Waals surface area contributed by atoms with Crippen molar-refractivity contribution in [1.82, 2.24) is 5.48 Å². The number of hydrogen-bond acceptors (Lipinski definition) is 2. The molecule has 0 saturated heterocycles. The number of nitrogens with one attached hydrogen (secondary N) is 1. The molecular weight excluding hydrogens is 138 g/mol. The van der Waals surface area contributed by atoms with Crippen LogP contribution in [0.15, 0.2) is 23.9 Å². The number of hydroxylamine groups is 1. The third-order valence-corrected chi connectivity index (χ3v) is 0.693. The van der Waals surface area contributed by atoms with Gasteiger partial charge < -0.3 is 0 Å². The summed E-state index contributed by atoms with van der Waals surface area (Å²) in [5.41, 5.74) is 4.75. The molecule has 0 aliphatic carbocycles. The second-order valence-electron chi connectivity index (χ2n) is 1.56. The van der Waals surface area contributed by atoms with Gasteiger partial charge in [0.25, 0.3) is 0 Å². The van der Waals surface area contributed by atoms with Gasteiger partial charge in [0.1, 0.15) is 0 Å². The van der Waals surface area contributed by atoms with Crippen molar-refractivity contribution >= 4 is 11.6 Å². The number of hydrogen-bond donors (Lipinski definition) is 1. The molecule has 0 fully saturated rings. The van der Waals surface area contributed by atoms with Gasteiger partial charge in [-0.2, -0.15) is 0 Å². The minimum absolute atomic E-state index is 0.455. The van der Waals surface area contributed by atoms with Crippen molar-refractivity contribution in [3.8, 4) is 0 Å². The van der Waals surface area contributed by atoms with Crippen molar-refractivity contribution in [2.24, 2.45) is 0 Å². The van der Waals surface area contributed by atoms with Gasteiger partial charge in [0.2, 0.25) is 0 Å². The van der Waals surface area contributed by atoms with Gasteiger partial charge in [-0.25, -0.2) is 0 Å². The second kappa shape index (κ2) is 5.66. The lowest BCUT2D eigenvalue weighted by Crippen LogP contribution is -2.10. The minimum atomic E-state index is 0.455. The van der Waals surface area contributed by atoms with E-state index < -0.39 is 0 Å². The predicted octanol–water partition coefficient (Wildman–Crippen LogP) is 1.79. The highest BCUT2D eigenvalue weighted by Gasteiger charge is 1.78. The maximum absolute atomic E-state index is 5.21. The molecule has 1 N–H and O–H groups in total. The molecule has 0 heterocycles. The lowest BCUT2D eigenvalue weighted by atomic mass is 10.6. The Hall–Kier alpha value is -0.470. The lowest BCUT2D eigenvalue weighted by molar-refractivity contribution is 0.0867. The zero-order valence-electron chi connectivity index (χ0n) is 5.36. The van der Waals surface area contributed by atoms with Gasteiger partial charge in [-0.15, -0.1) is 0 Å². The second-order valence-corrected chi connectivity index (χ2v) is 1.81. The van der Waals surface area contributed by atoms with Crippen LogP contribution in [-0.4, -0.2) is 6.61 Å². The van der Waals surface area contributed by atoms with Crippen LogP contribution in [0.25, 0.3) is 0 Å². The zero-order valence-corrected chi connectivity index (χ0v) is 6.11. The van der Waals surface area contributed by atoms with Crippen molar-refractivity contribution < 1.29 is 4.84 Å². The van der Waals surface area contributed by atoms with E-state index >= 15 is 0 Å². The Morgan fingerprint density at radius 1 is 1.89 bits per heavy atom. The van der Waals surface area contributed by atoms with Crippen LogP contribution in [0.3, 0.4) is 0 Å². The SMILES string of the molecule is C=C(C)NOCC=CCl. The fourth-order valence-electron chi connectivity index (χ4n) is 0.249. The highest BCUT2D eigenvalue weighted by atomic mass is 35.5. The van der Waals surface area contributed by atoms with E-state index in [4.69, 9.17) is 16.4 Å². The van der Waals surface area contributed by atoms with E-state index in [1.807, 2.05) is 6.92 Å². The summed E-state index contributed by atoms with van der Waals surface area (Å²) in [6.07, 6.45) is 1.68. The molecule has 2 nitrogen and oxygen atoms in total. The predicted molar refractivity (Wildman–Crippen MR) is 38.9 cm³/mol. The molecule has 0 spiro atoms. The first kappa shape index (κ1) is 8.53. The van der Waals surface area contributed by atoms with E-state index in [9.17, 15) is 0 Å². The number of rotatable bonds is 4. The van der Waals surface area contributed by atoms with Crippen LogP contribution in [0.5, 0.6) is 0 Å². The Balaban J connectivity index is 3.01. The Morgan fingerprint density at radius 2 is 2.56 bits per heavy atom. The molecule has 52 valence electrons.